The number of carbonyl (C=O) groups is 2. The minimum atomic E-state index is -4.40. The van der Waals surface area contributed by atoms with Crippen LogP contribution >= 0.6 is 7.82 Å². The lowest BCUT2D eigenvalue weighted by Gasteiger charge is -2.19. The summed E-state index contributed by atoms with van der Waals surface area (Å²) in [4.78, 5) is 34.8. The van der Waals surface area contributed by atoms with E-state index in [9.17, 15) is 24.2 Å². The maximum absolute atomic E-state index is 12.5. The predicted molar refractivity (Wildman–Crippen MR) is 221 cm³/mol. The van der Waals surface area contributed by atoms with Gasteiger partial charge < -0.3 is 25.2 Å². The zero-order chi connectivity index (χ0) is 39.8. The molecule has 312 valence electrons. The van der Waals surface area contributed by atoms with Crippen LogP contribution in [0.1, 0.15) is 162 Å². The SMILES string of the molecule is CCCCCCCC/C=C\CCCCCCCC(=O)OC[C@H](COP(=O)(O)OCCN)OC(=O)CCC/C=C\C/C=C\C/C=C\C/C=C\CCC[C@H](C)O. The normalized spacial score (nSPS) is 14.5. The van der Waals surface area contributed by atoms with Crippen molar-refractivity contribution < 1.29 is 42.7 Å². The molecule has 0 heterocycles. The van der Waals surface area contributed by atoms with Crippen molar-refractivity contribution in [1.29, 1.82) is 0 Å². The van der Waals surface area contributed by atoms with Gasteiger partial charge in [-0.3, -0.25) is 18.6 Å². The van der Waals surface area contributed by atoms with Gasteiger partial charge in [0.2, 0.25) is 0 Å². The zero-order valence-corrected chi connectivity index (χ0v) is 34.7. The number of aliphatic hydroxyl groups is 1. The van der Waals surface area contributed by atoms with Gasteiger partial charge in [-0.1, -0.05) is 119 Å². The van der Waals surface area contributed by atoms with E-state index in [4.69, 9.17) is 24.3 Å². The van der Waals surface area contributed by atoms with Crippen molar-refractivity contribution in [3.8, 4) is 0 Å². The monoisotopic (exact) mass is 782 g/mol. The van der Waals surface area contributed by atoms with Crippen LogP contribution in [0, 0.1) is 0 Å². The highest BCUT2D eigenvalue weighted by atomic mass is 31.2. The Morgan fingerprint density at radius 1 is 0.630 bits per heavy atom. The summed E-state index contributed by atoms with van der Waals surface area (Å²) in [5.41, 5.74) is 5.33. The van der Waals surface area contributed by atoms with E-state index in [0.717, 1.165) is 70.6 Å². The summed E-state index contributed by atoms with van der Waals surface area (Å²) in [6, 6.07) is 0. The molecule has 0 bridgehead atoms. The van der Waals surface area contributed by atoms with Crippen molar-refractivity contribution in [2.45, 2.75) is 174 Å². The van der Waals surface area contributed by atoms with Gasteiger partial charge in [0.1, 0.15) is 6.61 Å². The molecule has 4 N–H and O–H groups in total. The number of hydrogen-bond donors (Lipinski definition) is 3. The second kappa shape index (κ2) is 38.9. The molecule has 3 atom stereocenters. The summed E-state index contributed by atoms with van der Waals surface area (Å²) in [6.07, 6.45) is 42.4. The van der Waals surface area contributed by atoms with Gasteiger partial charge in [0.05, 0.1) is 19.3 Å². The van der Waals surface area contributed by atoms with Gasteiger partial charge in [0, 0.05) is 19.4 Å². The zero-order valence-electron chi connectivity index (χ0n) is 33.8. The Bertz CT molecular complexity index is 1090. The summed E-state index contributed by atoms with van der Waals surface area (Å²) < 4.78 is 32.6. The van der Waals surface area contributed by atoms with Crippen LogP contribution in [0.2, 0.25) is 0 Å². The first-order chi connectivity index (χ1) is 26.2. The molecule has 0 aromatic rings. The standard InChI is InChI=1S/C43H76NO9P/c1-3-4-5-6-7-8-9-10-12-16-19-22-25-28-31-34-42(46)50-38-41(39-52-54(48,49)51-37-36-44)53-43(47)35-32-29-26-23-20-17-14-11-13-15-18-21-24-27-30-33-40(2)45/h10,12-15,17,21,23-24,26,40-41,45H,3-9,11,16,18-20,22,25,27-39,44H2,1-2H3,(H,48,49)/b12-10-,15-13-,17-14-,24-21-,26-23-/t40-,41+/m0/s1. The van der Waals surface area contributed by atoms with Crippen LogP contribution in [0.3, 0.4) is 0 Å². The van der Waals surface area contributed by atoms with E-state index < -0.39 is 32.5 Å². The highest BCUT2D eigenvalue weighted by molar-refractivity contribution is 7.47. The number of phosphoric acid groups is 1. The smallest absolute Gasteiger partial charge is 0.462 e. The average molecular weight is 782 g/mol. The topological polar surface area (TPSA) is 155 Å². The fourth-order valence-corrected chi connectivity index (χ4v) is 6.05. The summed E-state index contributed by atoms with van der Waals surface area (Å²) in [7, 11) is -4.40. The molecule has 0 fully saturated rings. The lowest BCUT2D eigenvalue weighted by atomic mass is 10.1. The van der Waals surface area contributed by atoms with Crippen molar-refractivity contribution in [3.63, 3.8) is 0 Å². The van der Waals surface area contributed by atoms with Gasteiger partial charge in [-0.2, -0.15) is 0 Å². The lowest BCUT2D eigenvalue weighted by molar-refractivity contribution is -0.161. The summed E-state index contributed by atoms with van der Waals surface area (Å²) >= 11 is 0. The highest BCUT2D eigenvalue weighted by Crippen LogP contribution is 2.43. The number of allylic oxidation sites excluding steroid dienone is 10. The van der Waals surface area contributed by atoms with E-state index in [2.05, 4.69) is 55.5 Å². The maximum Gasteiger partial charge on any atom is 0.472 e. The van der Waals surface area contributed by atoms with Gasteiger partial charge in [-0.05, 0) is 90.4 Å². The van der Waals surface area contributed by atoms with E-state index >= 15 is 0 Å². The van der Waals surface area contributed by atoms with Gasteiger partial charge >= 0.3 is 19.8 Å². The summed E-state index contributed by atoms with van der Waals surface area (Å²) in [5.74, 6) is -0.925. The highest BCUT2D eigenvalue weighted by Gasteiger charge is 2.25. The number of ether oxygens (including phenoxy) is 2. The molecule has 0 saturated carbocycles. The molecule has 0 aromatic carbocycles. The minimum Gasteiger partial charge on any atom is -0.462 e. The number of hydrogen-bond acceptors (Lipinski definition) is 9. The van der Waals surface area contributed by atoms with Crippen molar-refractivity contribution in [3.05, 3.63) is 60.8 Å². The molecule has 0 rings (SSSR count). The quantitative estimate of drug-likeness (QED) is 0.0239. The van der Waals surface area contributed by atoms with Crippen LogP contribution < -0.4 is 5.73 Å². The van der Waals surface area contributed by atoms with Crippen LogP contribution in [0.4, 0.5) is 0 Å². The van der Waals surface area contributed by atoms with Crippen LogP contribution in [0.25, 0.3) is 0 Å². The van der Waals surface area contributed by atoms with E-state index in [-0.39, 0.29) is 38.7 Å². The van der Waals surface area contributed by atoms with Crippen molar-refractivity contribution >= 4 is 19.8 Å². The fourth-order valence-electron chi connectivity index (χ4n) is 5.29. The van der Waals surface area contributed by atoms with E-state index in [1.54, 1.807) is 0 Å². The largest absolute Gasteiger partial charge is 0.472 e. The number of esters is 2. The van der Waals surface area contributed by atoms with Gasteiger partial charge in [-0.25, -0.2) is 4.57 Å². The molecule has 54 heavy (non-hydrogen) atoms. The molecule has 10 nitrogen and oxygen atoms in total. The number of rotatable bonds is 38. The molecule has 11 heteroatoms. The molecule has 1 unspecified atom stereocenters. The number of phosphoric ester groups is 1. The first-order valence-corrected chi connectivity index (χ1v) is 22.3. The third kappa shape index (κ3) is 39.4. The molecule has 0 aliphatic heterocycles. The van der Waals surface area contributed by atoms with Gasteiger partial charge in [0.15, 0.2) is 6.10 Å². The minimum absolute atomic E-state index is 0.0359. The number of carbonyl (C=O) groups excluding carboxylic acids is 2. The molecule has 0 aliphatic rings. The lowest BCUT2D eigenvalue weighted by Crippen LogP contribution is -2.29. The first kappa shape index (κ1) is 51.7. The van der Waals surface area contributed by atoms with Gasteiger partial charge in [0.25, 0.3) is 0 Å². The average Bonchev–Trinajstić information content (AvgIpc) is 3.14. The molecule has 0 aliphatic carbocycles. The first-order valence-electron chi connectivity index (χ1n) is 20.8. The molecular weight excluding hydrogens is 705 g/mol. The molecular formula is C43H76NO9P. The second-order valence-corrected chi connectivity index (χ2v) is 15.2. The van der Waals surface area contributed by atoms with Crippen LogP contribution in [-0.2, 0) is 32.7 Å². The molecule has 0 amide bonds. The number of aliphatic hydroxyl groups excluding tert-OH is 1. The fraction of sp³-hybridized carbons (Fsp3) is 0.721. The van der Waals surface area contributed by atoms with Gasteiger partial charge in [-0.15, -0.1) is 0 Å². The summed E-state index contributed by atoms with van der Waals surface area (Å²) in [5, 5.41) is 9.26. The second-order valence-electron chi connectivity index (χ2n) is 13.8. The Hall–Kier alpha value is -2.33. The molecule has 0 aromatic heterocycles. The predicted octanol–water partition coefficient (Wildman–Crippen LogP) is 10.7. The van der Waals surface area contributed by atoms with Crippen molar-refractivity contribution in [1.82, 2.24) is 0 Å². The summed E-state index contributed by atoms with van der Waals surface area (Å²) in [6.45, 7) is 3.18. The Morgan fingerprint density at radius 3 is 1.69 bits per heavy atom. The maximum atomic E-state index is 12.5. The Labute approximate surface area is 328 Å². The number of unbranched alkanes of at least 4 members (excludes halogenated alkanes) is 13. The third-order valence-corrected chi connectivity index (χ3v) is 9.38. The van der Waals surface area contributed by atoms with Crippen LogP contribution in [0.5, 0.6) is 0 Å². The molecule has 0 spiro atoms. The van der Waals surface area contributed by atoms with Crippen molar-refractivity contribution in [2.75, 3.05) is 26.4 Å². The molecule has 0 radical (unpaired) electrons. The van der Waals surface area contributed by atoms with Crippen LogP contribution in [0.15, 0.2) is 60.8 Å². The van der Waals surface area contributed by atoms with Crippen LogP contribution in [-0.4, -0.2) is 60.5 Å². The number of nitrogens with two attached hydrogens (primary N) is 1. The van der Waals surface area contributed by atoms with E-state index in [0.29, 0.717) is 19.3 Å². The molecule has 0 saturated heterocycles. The van der Waals surface area contributed by atoms with Crippen molar-refractivity contribution in [2.24, 2.45) is 5.73 Å². The Balaban J connectivity index is 4.30. The third-order valence-electron chi connectivity index (χ3n) is 8.39. The van der Waals surface area contributed by atoms with E-state index in [1.165, 1.54) is 44.9 Å². The Morgan fingerprint density at radius 2 is 1.11 bits per heavy atom. The van der Waals surface area contributed by atoms with E-state index in [1.807, 2.05) is 19.1 Å². The Kier molecular flexibility index (Phi) is 37.2.